The van der Waals surface area contributed by atoms with Crippen molar-refractivity contribution in [1.29, 1.82) is 0 Å². The summed E-state index contributed by atoms with van der Waals surface area (Å²) in [6.45, 7) is 4.58. The Hall–Kier alpha value is -0.220. The Kier molecular flexibility index (Phi) is 6.34. The summed E-state index contributed by atoms with van der Waals surface area (Å²) in [4.78, 5) is 13.6. The molecule has 17 heavy (non-hydrogen) atoms. The van der Waals surface area contributed by atoms with Gasteiger partial charge < -0.3 is 10.2 Å². The number of nitrogens with zero attached hydrogens (tertiary/aromatic N) is 1. The predicted molar refractivity (Wildman–Crippen MR) is 75.5 cm³/mol. The molecule has 0 aromatic rings. The number of hydrogen-bond acceptors (Lipinski definition) is 3. The van der Waals surface area contributed by atoms with Crippen LogP contribution in [0, 0.1) is 0 Å². The first-order chi connectivity index (χ1) is 8.04. The van der Waals surface area contributed by atoms with Gasteiger partial charge >= 0.3 is 0 Å². The molecule has 3 nitrogen and oxygen atoms in total. The minimum atomic E-state index is 0.201. The van der Waals surface area contributed by atoms with Crippen LogP contribution in [-0.2, 0) is 4.79 Å². The fourth-order valence-electron chi connectivity index (χ4n) is 2.15. The van der Waals surface area contributed by atoms with Gasteiger partial charge in [0.05, 0.1) is 6.54 Å². The van der Waals surface area contributed by atoms with E-state index in [-0.39, 0.29) is 11.9 Å². The van der Waals surface area contributed by atoms with Gasteiger partial charge in [-0.1, -0.05) is 0 Å². The SMILES string of the molecule is CSC1CCC(NCC(=O)N(C)C(C)C)CC1. The Balaban J connectivity index is 2.21. The van der Waals surface area contributed by atoms with Gasteiger partial charge in [0.1, 0.15) is 0 Å². The van der Waals surface area contributed by atoms with E-state index in [9.17, 15) is 4.79 Å². The topological polar surface area (TPSA) is 32.3 Å². The van der Waals surface area contributed by atoms with Crippen LogP contribution in [0.25, 0.3) is 0 Å². The van der Waals surface area contributed by atoms with Gasteiger partial charge in [-0.25, -0.2) is 0 Å². The Labute approximate surface area is 110 Å². The molecule has 1 N–H and O–H groups in total. The highest BCUT2D eigenvalue weighted by molar-refractivity contribution is 7.99. The van der Waals surface area contributed by atoms with Crippen LogP contribution in [0.2, 0.25) is 0 Å². The van der Waals surface area contributed by atoms with E-state index in [4.69, 9.17) is 0 Å². The van der Waals surface area contributed by atoms with E-state index in [1.54, 1.807) is 4.90 Å². The van der Waals surface area contributed by atoms with Gasteiger partial charge in [0, 0.05) is 24.4 Å². The molecule has 1 aliphatic carbocycles. The van der Waals surface area contributed by atoms with Gasteiger partial charge in [0.2, 0.25) is 5.91 Å². The van der Waals surface area contributed by atoms with E-state index in [2.05, 4.69) is 11.6 Å². The molecule has 1 fully saturated rings. The molecule has 0 unspecified atom stereocenters. The smallest absolute Gasteiger partial charge is 0.236 e. The zero-order chi connectivity index (χ0) is 12.8. The lowest BCUT2D eigenvalue weighted by Gasteiger charge is -2.29. The van der Waals surface area contributed by atoms with Crippen LogP contribution in [0.5, 0.6) is 0 Å². The molecule has 0 atom stereocenters. The van der Waals surface area contributed by atoms with Crippen LogP contribution >= 0.6 is 11.8 Å². The molecule has 0 radical (unpaired) electrons. The quantitative estimate of drug-likeness (QED) is 0.820. The molecular weight excluding hydrogens is 232 g/mol. The lowest BCUT2D eigenvalue weighted by atomic mass is 9.95. The molecule has 0 saturated heterocycles. The number of carbonyl (C=O) groups excluding carboxylic acids is 1. The highest BCUT2D eigenvalue weighted by atomic mass is 32.2. The van der Waals surface area contributed by atoms with Crippen LogP contribution in [0.1, 0.15) is 39.5 Å². The fraction of sp³-hybridized carbons (Fsp3) is 0.923. The molecule has 0 spiro atoms. The number of hydrogen-bond donors (Lipinski definition) is 1. The van der Waals surface area contributed by atoms with E-state index in [0.29, 0.717) is 12.6 Å². The van der Waals surface area contributed by atoms with Crippen molar-refractivity contribution in [3.63, 3.8) is 0 Å². The Bertz CT molecular complexity index is 238. The third kappa shape index (κ3) is 4.88. The fourth-order valence-corrected chi connectivity index (χ4v) is 2.89. The predicted octanol–water partition coefficient (Wildman–Crippen LogP) is 2.12. The van der Waals surface area contributed by atoms with Crippen molar-refractivity contribution in [3.8, 4) is 0 Å². The minimum Gasteiger partial charge on any atom is -0.342 e. The van der Waals surface area contributed by atoms with Gasteiger partial charge in [-0.15, -0.1) is 0 Å². The van der Waals surface area contributed by atoms with Gasteiger partial charge in [-0.05, 0) is 45.8 Å². The number of rotatable bonds is 5. The van der Waals surface area contributed by atoms with Crippen molar-refractivity contribution in [2.24, 2.45) is 0 Å². The second-order valence-electron chi connectivity index (χ2n) is 5.19. The largest absolute Gasteiger partial charge is 0.342 e. The summed E-state index contributed by atoms with van der Waals surface area (Å²) >= 11 is 1.98. The van der Waals surface area contributed by atoms with Crippen LogP contribution in [0.4, 0.5) is 0 Å². The van der Waals surface area contributed by atoms with Gasteiger partial charge in [-0.2, -0.15) is 11.8 Å². The third-order valence-electron chi connectivity index (χ3n) is 3.72. The maximum atomic E-state index is 11.8. The Morgan fingerprint density at radius 2 is 1.94 bits per heavy atom. The van der Waals surface area contributed by atoms with Crippen LogP contribution < -0.4 is 5.32 Å². The van der Waals surface area contributed by atoms with Gasteiger partial charge in [0.15, 0.2) is 0 Å². The highest BCUT2D eigenvalue weighted by Gasteiger charge is 2.21. The van der Waals surface area contributed by atoms with E-state index < -0.39 is 0 Å². The summed E-state index contributed by atoms with van der Waals surface area (Å²) in [6, 6.07) is 0.833. The van der Waals surface area contributed by atoms with Crippen molar-refractivity contribution in [3.05, 3.63) is 0 Å². The Morgan fingerprint density at radius 1 is 1.35 bits per heavy atom. The van der Waals surface area contributed by atoms with E-state index in [1.165, 1.54) is 25.7 Å². The van der Waals surface area contributed by atoms with E-state index in [1.807, 2.05) is 32.7 Å². The number of thioether (sulfide) groups is 1. The monoisotopic (exact) mass is 258 g/mol. The molecule has 1 amide bonds. The van der Waals surface area contributed by atoms with Crippen molar-refractivity contribution >= 4 is 17.7 Å². The second-order valence-corrected chi connectivity index (χ2v) is 6.33. The first kappa shape index (κ1) is 14.8. The maximum Gasteiger partial charge on any atom is 0.236 e. The van der Waals surface area contributed by atoms with Crippen molar-refractivity contribution in [1.82, 2.24) is 10.2 Å². The lowest BCUT2D eigenvalue weighted by molar-refractivity contribution is -0.130. The summed E-state index contributed by atoms with van der Waals surface area (Å²) in [5, 5.41) is 4.24. The van der Waals surface area contributed by atoms with Gasteiger partial charge in [-0.3, -0.25) is 4.79 Å². The lowest BCUT2D eigenvalue weighted by Crippen LogP contribution is -2.43. The second kappa shape index (κ2) is 7.27. The van der Waals surface area contributed by atoms with Crippen molar-refractivity contribution in [2.75, 3.05) is 19.8 Å². The summed E-state index contributed by atoms with van der Waals surface area (Å²) in [5.41, 5.74) is 0. The third-order valence-corrected chi connectivity index (χ3v) is 4.86. The Morgan fingerprint density at radius 3 is 2.41 bits per heavy atom. The molecule has 0 aromatic heterocycles. The number of nitrogens with one attached hydrogen (secondary N) is 1. The zero-order valence-electron chi connectivity index (χ0n) is 11.5. The van der Waals surface area contributed by atoms with Crippen LogP contribution in [0.3, 0.4) is 0 Å². The first-order valence-corrected chi connectivity index (χ1v) is 7.85. The molecule has 100 valence electrons. The van der Waals surface area contributed by atoms with Gasteiger partial charge in [0.25, 0.3) is 0 Å². The molecule has 1 rings (SSSR count). The molecular formula is C13H26N2OS. The standard InChI is InChI=1S/C13H26N2OS/c1-10(2)15(3)13(16)9-14-11-5-7-12(17-4)8-6-11/h10-12,14H,5-9H2,1-4H3. The number of amides is 1. The molecule has 1 aliphatic rings. The number of likely N-dealkylation sites (N-methyl/N-ethyl adjacent to an activating group) is 1. The van der Waals surface area contributed by atoms with Crippen molar-refractivity contribution < 1.29 is 4.79 Å². The van der Waals surface area contributed by atoms with Crippen molar-refractivity contribution in [2.45, 2.75) is 56.9 Å². The number of carbonyl (C=O) groups is 1. The molecule has 0 heterocycles. The minimum absolute atomic E-state index is 0.201. The highest BCUT2D eigenvalue weighted by Crippen LogP contribution is 2.26. The average Bonchev–Trinajstić information content (AvgIpc) is 2.35. The normalized spacial score (nSPS) is 25.0. The summed E-state index contributed by atoms with van der Waals surface area (Å²) in [6.07, 6.45) is 7.19. The molecule has 0 aliphatic heterocycles. The molecule has 4 heteroatoms. The zero-order valence-corrected chi connectivity index (χ0v) is 12.3. The summed E-state index contributed by atoms with van der Waals surface area (Å²) in [7, 11) is 1.87. The van der Waals surface area contributed by atoms with Crippen LogP contribution in [-0.4, -0.2) is 48.0 Å². The van der Waals surface area contributed by atoms with E-state index in [0.717, 1.165) is 5.25 Å². The molecule has 1 saturated carbocycles. The first-order valence-electron chi connectivity index (χ1n) is 6.56. The molecule has 0 aromatic carbocycles. The average molecular weight is 258 g/mol. The maximum absolute atomic E-state index is 11.8. The summed E-state index contributed by atoms with van der Waals surface area (Å²) in [5.74, 6) is 0.201. The van der Waals surface area contributed by atoms with E-state index >= 15 is 0 Å². The summed E-state index contributed by atoms with van der Waals surface area (Å²) < 4.78 is 0. The molecule has 0 bridgehead atoms. The van der Waals surface area contributed by atoms with Crippen LogP contribution in [0.15, 0.2) is 0 Å².